The fraction of sp³-hybridized carbons (Fsp3) is 1.00. The molecule has 0 saturated carbocycles. The van der Waals surface area contributed by atoms with Crippen LogP contribution < -0.4 is 11.5 Å². The van der Waals surface area contributed by atoms with E-state index in [2.05, 4.69) is 30.6 Å². The Morgan fingerprint density at radius 3 is 1.93 bits per heavy atom. The summed E-state index contributed by atoms with van der Waals surface area (Å²) in [7, 11) is 0. The van der Waals surface area contributed by atoms with Gasteiger partial charge in [0.15, 0.2) is 0 Å². The first kappa shape index (κ1) is 14.8. The van der Waals surface area contributed by atoms with Crippen LogP contribution in [0.2, 0.25) is 0 Å². The Hall–Kier alpha value is -0.160. The summed E-state index contributed by atoms with van der Waals surface area (Å²) in [6.07, 6.45) is 0. The van der Waals surface area contributed by atoms with Gasteiger partial charge in [-0.25, -0.2) is 0 Å². The summed E-state index contributed by atoms with van der Waals surface area (Å²) in [5, 5.41) is 0. The fourth-order valence-electron chi connectivity index (χ4n) is 1.68. The molecule has 0 radical (unpaired) electrons. The maximum absolute atomic E-state index is 5.79. The second-order valence-corrected chi connectivity index (χ2v) is 4.09. The van der Waals surface area contributed by atoms with Crippen LogP contribution in [0.1, 0.15) is 20.8 Å². The van der Waals surface area contributed by atoms with E-state index >= 15 is 0 Å². The van der Waals surface area contributed by atoms with Crippen LogP contribution in [0.25, 0.3) is 0 Å². The molecule has 15 heavy (non-hydrogen) atoms. The van der Waals surface area contributed by atoms with E-state index in [4.69, 9.17) is 11.5 Å². The van der Waals surface area contributed by atoms with Gasteiger partial charge in [-0.05, 0) is 20.0 Å². The monoisotopic (exact) mass is 216 g/mol. The van der Waals surface area contributed by atoms with Crippen molar-refractivity contribution < 1.29 is 0 Å². The van der Waals surface area contributed by atoms with Gasteiger partial charge >= 0.3 is 0 Å². The highest BCUT2D eigenvalue weighted by Crippen LogP contribution is 1.93. The number of likely N-dealkylation sites (N-methyl/N-ethyl adjacent to an activating group) is 2. The van der Waals surface area contributed by atoms with Gasteiger partial charge in [0.1, 0.15) is 0 Å². The molecule has 0 aliphatic rings. The van der Waals surface area contributed by atoms with E-state index in [1.54, 1.807) is 0 Å². The van der Waals surface area contributed by atoms with Crippen molar-refractivity contribution in [2.75, 3.05) is 45.8 Å². The average molecular weight is 216 g/mol. The zero-order valence-corrected chi connectivity index (χ0v) is 10.6. The van der Waals surface area contributed by atoms with Crippen LogP contribution in [0.3, 0.4) is 0 Å². The molecule has 0 bridgehead atoms. The van der Waals surface area contributed by atoms with Crippen LogP contribution >= 0.6 is 0 Å². The van der Waals surface area contributed by atoms with Crippen molar-refractivity contribution in [3.63, 3.8) is 0 Å². The Balaban J connectivity index is 3.76. The lowest BCUT2D eigenvalue weighted by Gasteiger charge is -2.26. The molecule has 4 heteroatoms. The van der Waals surface area contributed by atoms with E-state index < -0.39 is 0 Å². The molecule has 1 unspecified atom stereocenters. The molecule has 1 atom stereocenters. The van der Waals surface area contributed by atoms with E-state index in [0.29, 0.717) is 0 Å². The lowest BCUT2D eigenvalue weighted by Crippen LogP contribution is -2.41. The third-order valence-corrected chi connectivity index (χ3v) is 2.62. The molecule has 0 saturated heterocycles. The Labute approximate surface area is 94.6 Å². The molecule has 0 aromatic carbocycles. The first-order chi connectivity index (χ1) is 7.13. The van der Waals surface area contributed by atoms with Crippen LogP contribution in [0.4, 0.5) is 0 Å². The van der Waals surface area contributed by atoms with Gasteiger partial charge in [-0.1, -0.05) is 13.8 Å². The first-order valence-corrected chi connectivity index (χ1v) is 6.04. The van der Waals surface area contributed by atoms with Gasteiger partial charge < -0.3 is 21.3 Å². The van der Waals surface area contributed by atoms with E-state index in [1.165, 1.54) is 0 Å². The van der Waals surface area contributed by atoms with Gasteiger partial charge in [0.05, 0.1) is 0 Å². The molecular weight excluding hydrogens is 188 g/mol. The van der Waals surface area contributed by atoms with Crippen LogP contribution in [0.5, 0.6) is 0 Å². The summed E-state index contributed by atoms with van der Waals surface area (Å²) < 4.78 is 0. The average Bonchev–Trinajstić information content (AvgIpc) is 2.21. The zero-order chi connectivity index (χ0) is 11.7. The van der Waals surface area contributed by atoms with Crippen LogP contribution in [0.15, 0.2) is 0 Å². The predicted octanol–water partition coefficient (Wildman–Crippen LogP) is -0.0639. The zero-order valence-electron chi connectivity index (χ0n) is 10.6. The fourth-order valence-corrected chi connectivity index (χ4v) is 1.68. The SMILES string of the molecule is CCN(CCN)CCN(CC)CC(C)N. The minimum Gasteiger partial charge on any atom is -0.329 e. The van der Waals surface area contributed by atoms with Gasteiger partial charge in [0.25, 0.3) is 0 Å². The van der Waals surface area contributed by atoms with Crippen LogP contribution in [0, 0.1) is 0 Å². The van der Waals surface area contributed by atoms with Crippen molar-refractivity contribution in [2.24, 2.45) is 11.5 Å². The highest BCUT2D eigenvalue weighted by atomic mass is 15.2. The van der Waals surface area contributed by atoms with Crippen molar-refractivity contribution in [1.82, 2.24) is 9.80 Å². The molecule has 0 spiro atoms. The number of nitrogens with zero attached hydrogens (tertiary/aromatic N) is 2. The van der Waals surface area contributed by atoms with Crippen LogP contribution in [-0.2, 0) is 0 Å². The number of rotatable bonds is 9. The van der Waals surface area contributed by atoms with Crippen molar-refractivity contribution in [1.29, 1.82) is 0 Å². The molecule has 0 aromatic rings. The molecule has 4 N–H and O–H groups in total. The van der Waals surface area contributed by atoms with E-state index in [-0.39, 0.29) is 6.04 Å². The Kier molecular flexibility index (Phi) is 9.00. The molecule has 0 aliphatic heterocycles. The smallest absolute Gasteiger partial charge is 0.0139 e. The van der Waals surface area contributed by atoms with Gasteiger partial charge in [0.2, 0.25) is 0 Å². The number of nitrogens with two attached hydrogens (primary N) is 2. The van der Waals surface area contributed by atoms with Gasteiger partial charge in [0, 0.05) is 38.8 Å². The standard InChI is InChI=1S/C11H28N4/c1-4-14(7-6-12)8-9-15(5-2)10-11(3)13/h11H,4-10,12-13H2,1-3H3. The molecule has 0 heterocycles. The summed E-state index contributed by atoms with van der Waals surface area (Å²) in [6.45, 7) is 13.5. The molecule has 0 aromatic heterocycles. The summed E-state index contributed by atoms with van der Waals surface area (Å²) >= 11 is 0. The molecular formula is C11H28N4. The number of hydrogen-bond acceptors (Lipinski definition) is 4. The second kappa shape index (κ2) is 9.09. The summed E-state index contributed by atoms with van der Waals surface area (Å²) in [4.78, 5) is 4.77. The Bertz CT molecular complexity index is 139. The quantitative estimate of drug-likeness (QED) is 0.567. The number of hydrogen-bond donors (Lipinski definition) is 2. The summed E-state index contributed by atoms with van der Waals surface area (Å²) in [6, 6.07) is 0.259. The largest absolute Gasteiger partial charge is 0.329 e. The molecule has 92 valence electrons. The summed E-state index contributed by atoms with van der Waals surface area (Å²) in [5.74, 6) is 0. The molecule has 0 aliphatic carbocycles. The van der Waals surface area contributed by atoms with E-state index in [1.807, 2.05) is 0 Å². The van der Waals surface area contributed by atoms with Gasteiger partial charge in [-0.3, -0.25) is 0 Å². The highest BCUT2D eigenvalue weighted by Gasteiger charge is 2.07. The van der Waals surface area contributed by atoms with Crippen molar-refractivity contribution in [3.05, 3.63) is 0 Å². The molecule has 4 nitrogen and oxygen atoms in total. The minimum atomic E-state index is 0.259. The normalized spacial score (nSPS) is 13.8. The van der Waals surface area contributed by atoms with Gasteiger partial charge in [-0.15, -0.1) is 0 Å². The Morgan fingerprint density at radius 1 is 1.00 bits per heavy atom. The topological polar surface area (TPSA) is 58.5 Å². The van der Waals surface area contributed by atoms with Gasteiger partial charge in [-0.2, -0.15) is 0 Å². The lowest BCUT2D eigenvalue weighted by molar-refractivity contribution is 0.212. The highest BCUT2D eigenvalue weighted by molar-refractivity contribution is 4.65. The third kappa shape index (κ3) is 7.73. The Morgan fingerprint density at radius 2 is 1.53 bits per heavy atom. The first-order valence-electron chi connectivity index (χ1n) is 6.04. The van der Waals surface area contributed by atoms with E-state index in [9.17, 15) is 0 Å². The van der Waals surface area contributed by atoms with Crippen molar-refractivity contribution >= 4 is 0 Å². The third-order valence-electron chi connectivity index (χ3n) is 2.62. The summed E-state index contributed by atoms with van der Waals surface area (Å²) in [5.41, 5.74) is 11.3. The van der Waals surface area contributed by atoms with Crippen molar-refractivity contribution in [3.8, 4) is 0 Å². The van der Waals surface area contributed by atoms with Crippen molar-refractivity contribution in [2.45, 2.75) is 26.8 Å². The van der Waals surface area contributed by atoms with E-state index in [0.717, 1.165) is 45.8 Å². The molecule has 0 amide bonds. The lowest BCUT2D eigenvalue weighted by atomic mass is 10.3. The molecule has 0 rings (SSSR count). The maximum Gasteiger partial charge on any atom is 0.0139 e. The van der Waals surface area contributed by atoms with Crippen LogP contribution in [-0.4, -0.2) is 61.7 Å². The maximum atomic E-state index is 5.79. The molecule has 0 fully saturated rings. The minimum absolute atomic E-state index is 0.259. The predicted molar refractivity (Wildman–Crippen MR) is 66.9 cm³/mol. The second-order valence-electron chi connectivity index (χ2n) is 4.09.